The molecule has 3 aromatic rings. The smallest absolute Gasteiger partial charge is 0.201 e. The summed E-state index contributed by atoms with van der Waals surface area (Å²) < 4.78 is 63.9. The Kier molecular flexibility index (Phi) is 7.60. The van der Waals surface area contributed by atoms with E-state index >= 15 is 8.78 Å². The topological polar surface area (TPSA) is 9.23 Å². The number of halogens is 4. The van der Waals surface area contributed by atoms with Crippen molar-refractivity contribution < 1.29 is 22.3 Å². The Bertz CT molecular complexity index is 1240. The minimum atomic E-state index is -1.06. The molecule has 37 heavy (non-hydrogen) atoms. The first-order valence-corrected chi connectivity index (χ1v) is 13.5. The van der Waals surface area contributed by atoms with Crippen molar-refractivity contribution in [3.63, 3.8) is 0 Å². The van der Waals surface area contributed by atoms with Crippen molar-refractivity contribution >= 4 is 0 Å². The zero-order valence-corrected chi connectivity index (χ0v) is 21.5. The first-order valence-electron chi connectivity index (χ1n) is 13.5. The first kappa shape index (κ1) is 25.8. The summed E-state index contributed by atoms with van der Waals surface area (Å²) in [5, 5.41) is 0. The summed E-state index contributed by atoms with van der Waals surface area (Å²) in [5.74, 6) is -1.45. The molecule has 5 heteroatoms. The van der Waals surface area contributed by atoms with Gasteiger partial charge >= 0.3 is 0 Å². The summed E-state index contributed by atoms with van der Waals surface area (Å²) in [6.07, 6.45) is 9.26. The molecule has 2 fully saturated rings. The van der Waals surface area contributed by atoms with Gasteiger partial charge in [-0.25, -0.2) is 13.2 Å². The van der Waals surface area contributed by atoms with E-state index in [9.17, 15) is 8.78 Å². The molecule has 5 rings (SSSR count). The lowest BCUT2D eigenvalue weighted by Gasteiger charge is -2.37. The van der Waals surface area contributed by atoms with Crippen LogP contribution in [0.25, 0.3) is 22.3 Å². The molecular weight excluding hydrogens is 476 g/mol. The van der Waals surface area contributed by atoms with Gasteiger partial charge in [0.25, 0.3) is 0 Å². The highest BCUT2D eigenvalue weighted by Crippen LogP contribution is 2.45. The van der Waals surface area contributed by atoms with Crippen LogP contribution in [-0.4, -0.2) is 7.11 Å². The van der Waals surface area contributed by atoms with E-state index in [-0.39, 0.29) is 22.8 Å². The van der Waals surface area contributed by atoms with Gasteiger partial charge in [-0.15, -0.1) is 0 Å². The molecule has 2 saturated carbocycles. The third-order valence-electron chi connectivity index (χ3n) is 8.82. The van der Waals surface area contributed by atoms with Gasteiger partial charge in [0, 0.05) is 11.1 Å². The molecule has 0 amide bonds. The van der Waals surface area contributed by atoms with Crippen molar-refractivity contribution in [1.82, 2.24) is 0 Å². The fraction of sp³-hybridized carbons (Fsp3) is 0.438. The van der Waals surface area contributed by atoms with Crippen LogP contribution in [0.5, 0.6) is 5.75 Å². The summed E-state index contributed by atoms with van der Waals surface area (Å²) >= 11 is 0. The van der Waals surface area contributed by atoms with E-state index in [1.165, 1.54) is 44.9 Å². The number of benzene rings is 3. The van der Waals surface area contributed by atoms with Crippen LogP contribution < -0.4 is 4.74 Å². The predicted molar refractivity (Wildman–Crippen MR) is 140 cm³/mol. The van der Waals surface area contributed by atoms with Crippen molar-refractivity contribution in [2.45, 2.75) is 64.2 Å². The van der Waals surface area contributed by atoms with Crippen LogP contribution in [0.2, 0.25) is 0 Å². The summed E-state index contributed by atoms with van der Waals surface area (Å²) in [6, 6.07) is 12.5. The molecule has 0 heterocycles. The second kappa shape index (κ2) is 10.9. The summed E-state index contributed by atoms with van der Waals surface area (Å²) in [6.45, 7) is 2.34. The molecule has 196 valence electrons. The van der Waals surface area contributed by atoms with E-state index < -0.39 is 23.3 Å². The van der Waals surface area contributed by atoms with Gasteiger partial charge in [-0.05, 0) is 91.0 Å². The lowest BCUT2D eigenvalue weighted by molar-refractivity contribution is 0.164. The maximum Gasteiger partial charge on any atom is 0.201 e. The highest BCUT2D eigenvalue weighted by atomic mass is 19.2. The summed E-state index contributed by atoms with van der Waals surface area (Å²) in [5.41, 5.74) is 1.63. The molecule has 0 radical (unpaired) electrons. The summed E-state index contributed by atoms with van der Waals surface area (Å²) in [4.78, 5) is 0. The van der Waals surface area contributed by atoms with Crippen LogP contribution in [0.1, 0.15) is 69.8 Å². The quantitative estimate of drug-likeness (QED) is 0.311. The van der Waals surface area contributed by atoms with Crippen LogP contribution in [0.4, 0.5) is 17.6 Å². The van der Waals surface area contributed by atoms with E-state index in [0.717, 1.165) is 43.4 Å². The highest BCUT2D eigenvalue weighted by Gasteiger charge is 2.32. The van der Waals surface area contributed by atoms with Crippen LogP contribution in [0.15, 0.2) is 48.5 Å². The Balaban J connectivity index is 1.30. The molecule has 1 nitrogen and oxygen atoms in total. The van der Waals surface area contributed by atoms with Gasteiger partial charge in [0.15, 0.2) is 23.2 Å². The van der Waals surface area contributed by atoms with Gasteiger partial charge in [-0.1, -0.05) is 56.2 Å². The monoisotopic (exact) mass is 510 g/mol. The second-order valence-electron chi connectivity index (χ2n) is 11.0. The minimum absolute atomic E-state index is 0.0534. The van der Waals surface area contributed by atoms with Crippen LogP contribution in [0.3, 0.4) is 0 Å². The molecule has 3 aromatic carbocycles. The predicted octanol–water partition coefficient (Wildman–Crippen LogP) is 9.69. The molecule has 0 aromatic heterocycles. The molecule has 0 bridgehead atoms. The van der Waals surface area contributed by atoms with Crippen molar-refractivity contribution in [3.05, 3.63) is 77.4 Å². The zero-order chi connectivity index (χ0) is 26.1. The van der Waals surface area contributed by atoms with E-state index in [1.807, 2.05) is 0 Å². The first-order chi connectivity index (χ1) is 17.9. The van der Waals surface area contributed by atoms with Crippen LogP contribution in [0, 0.1) is 41.0 Å². The molecule has 0 atom stereocenters. The van der Waals surface area contributed by atoms with Crippen LogP contribution >= 0.6 is 0 Å². The third-order valence-corrected chi connectivity index (χ3v) is 8.82. The zero-order valence-electron chi connectivity index (χ0n) is 21.5. The Morgan fingerprint density at radius 1 is 0.568 bits per heavy atom. The fourth-order valence-electron chi connectivity index (χ4n) is 6.50. The lowest BCUT2D eigenvalue weighted by Crippen LogP contribution is -2.25. The number of hydrogen-bond acceptors (Lipinski definition) is 1. The number of ether oxygens (including phenoxy) is 1. The molecule has 0 unspecified atom stereocenters. The average Bonchev–Trinajstić information content (AvgIpc) is 2.92. The second-order valence-corrected chi connectivity index (χ2v) is 11.0. The van der Waals surface area contributed by atoms with Crippen molar-refractivity contribution in [2.24, 2.45) is 17.8 Å². The normalized spacial score (nSPS) is 24.2. The van der Waals surface area contributed by atoms with Gasteiger partial charge in [-0.2, -0.15) is 4.39 Å². The van der Waals surface area contributed by atoms with Crippen LogP contribution in [-0.2, 0) is 0 Å². The largest absolute Gasteiger partial charge is 0.494 e. The third kappa shape index (κ3) is 5.15. The van der Waals surface area contributed by atoms with E-state index in [0.29, 0.717) is 16.7 Å². The number of methoxy groups -OCH3 is 1. The standard InChI is InChI=1S/C32H34F4O/c1-19-3-5-20(6-4-19)21-7-9-22(10-8-21)25-15-16-26(30(34)29(25)33)23-11-13-24(14-12-23)27-17-18-28(37-2)32(36)31(27)35/h11-22H,3-10H2,1-2H3. The van der Waals surface area contributed by atoms with Crippen molar-refractivity contribution in [3.8, 4) is 28.0 Å². The lowest BCUT2D eigenvalue weighted by atomic mass is 9.68. The van der Waals surface area contributed by atoms with E-state index in [2.05, 4.69) is 6.92 Å². The SMILES string of the molecule is COc1ccc(-c2ccc(-c3ccc(C4CCC(C5CCC(C)CC5)CC4)c(F)c3F)cc2)c(F)c1F. The minimum Gasteiger partial charge on any atom is -0.494 e. The maximum atomic E-state index is 15.3. The van der Waals surface area contributed by atoms with E-state index in [1.54, 1.807) is 36.4 Å². The molecule has 0 spiro atoms. The maximum absolute atomic E-state index is 15.3. The molecule has 2 aliphatic carbocycles. The van der Waals surface area contributed by atoms with E-state index in [4.69, 9.17) is 4.74 Å². The summed E-state index contributed by atoms with van der Waals surface area (Å²) in [7, 11) is 1.27. The Labute approximate surface area is 216 Å². The van der Waals surface area contributed by atoms with Gasteiger partial charge in [0.05, 0.1) is 7.11 Å². The Morgan fingerprint density at radius 2 is 1.05 bits per heavy atom. The molecule has 2 aliphatic rings. The van der Waals surface area contributed by atoms with Crippen molar-refractivity contribution in [2.75, 3.05) is 7.11 Å². The van der Waals surface area contributed by atoms with Gasteiger partial charge in [0.1, 0.15) is 0 Å². The highest BCUT2D eigenvalue weighted by molar-refractivity contribution is 5.71. The Hall–Kier alpha value is -2.82. The number of rotatable bonds is 5. The van der Waals surface area contributed by atoms with Crippen molar-refractivity contribution in [1.29, 1.82) is 0 Å². The fourth-order valence-corrected chi connectivity index (χ4v) is 6.50. The molecule has 0 saturated heterocycles. The van der Waals surface area contributed by atoms with Gasteiger partial charge < -0.3 is 4.74 Å². The Morgan fingerprint density at radius 3 is 1.59 bits per heavy atom. The van der Waals surface area contributed by atoms with Gasteiger partial charge in [-0.3, -0.25) is 0 Å². The molecule has 0 N–H and O–H groups in total. The number of hydrogen-bond donors (Lipinski definition) is 0. The molecular formula is C32H34F4O. The molecule has 0 aliphatic heterocycles. The average molecular weight is 511 g/mol. The van der Waals surface area contributed by atoms with Gasteiger partial charge in [0.2, 0.25) is 5.82 Å².